The van der Waals surface area contributed by atoms with Gasteiger partial charge in [-0.05, 0) is 35.9 Å². The van der Waals surface area contributed by atoms with Gasteiger partial charge in [0.05, 0.1) is 0 Å². The summed E-state index contributed by atoms with van der Waals surface area (Å²) in [6.07, 6.45) is 3.32. The van der Waals surface area contributed by atoms with Crippen LogP contribution in [0.1, 0.15) is 21.5 Å². The van der Waals surface area contributed by atoms with Crippen LogP contribution in [-0.2, 0) is 13.2 Å². The van der Waals surface area contributed by atoms with Gasteiger partial charge < -0.3 is 10.1 Å². The van der Waals surface area contributed by atoms with Crippen LogP contribution in [0, 0.1) is 5.82 Å². The first-order valence-corrected chi connectivity index (χ1v) is 8.72. The van der Waals surface area contributed by atoms with E-state index in [1.54, 1.807) is 59.4 Å². The first kappa shape index (κ1) is 17.7. The fraction of sp³-hybridized carbons (Fsp3) is 0.0952. The number of carbonyl (C=O) groups excluding carboxylic acids is 1. The van der Waals surface area contributed by atoms with E-state index in [0.717, 1.165) is 5.56 Å². The van der Waals surface area contributed by atoms with Crippen molar-refractivity contribution in [2.45, 2.75) is 13.2 Å². The van der Waals surface area contributed by atoms with Crippen LogP contribution in [-0.4, -0.2) is 20.5 Å². The molecule has 0 aliphatic carbocycles. The Labute approximate surface area is 160 Å². The molecule has 0 spiro atoms. The molecule has 6 nitrogen and oxygen atoms in total. The minimum atomic E-state index is -0.286. The minimum Gasteiger partial charge on any atom is -0.489 e. The number of carbonyl (C=O) groups is 1. The van der Waals surface area contributed by atoms with E-state index in [4.69, 9.17) is 4.74 Å². The molecule has 0 atom stereocenters. The molecule has 0 unspecified atom stereocenters. The Morgan fingerprint density at radius 2 is 1.93 bits per heavy atom. The van der Waals surface area contributed by atoms with E-state index in [0.29, 0.717) is 29.1 Å². The van der Waals surface area contributed by atoms with Crippen molar-refractivity contribution in [3.8, 4) is 5.75 Å². The lowest BCUT2D eigenvalue weighted by atomic mass is 10.2. The van der Waals surface area contributed by atoms with Gasteiger partial charge in [-0.1, -0.05) is 30.3 Å². The number of nitrogens with zero attached hydrogens (tertiary/aromatic N) is 3. The molecule has 0 saturated carbocycles. The third-order valence-corrected chi connectivity index (χ3v) is 4.29. The summed E-state index contributed by atoms with van der Waals surface area (Å²) in [6.45, 7) is 0.540. The lowest BCUT2D eigenvalue weighted by molar-refractivity contribution is 0.0951. The molecule has 0 saturated heterocycles. The van der Waals surface area contributed by atoms with Crippen LogP contribution >= 0.6 is 0 Å². The predicted molar refractivity (Wildman–Crippen MR) is 101 cm³/mol. The molecule has 140 valence electrons. The van der Waals surface area contributed by atoms with Gasteiger partial charge in [0.1, 0.15) is 24.5 Å². The van der Waals surface area contributed by atoms with Crippen LogP contribution in [0.3, 0.4) is 0 Å². The highest BCUT2D eigenvalue weighted by atomic mass is 19.1. The normalized spacial score (nSPS) is 10.8. The molecule has 1 amide bonds. The van der Waals surface area contributed by atoms with E-state index >= 15 is 0 Å². The summed E-state index contributed by atoms with van der Waals surface area (Å²) in [5.41, 5.74) is 2.56. The average molecular weight is 376 g/mol. The first-order chi connectivity index (χ1) is 13.7. The Hall–Kier alpha value is -3.74. The molecular formula is C21H17FN4O2. The zero-order valence-electron chi connectivity index (χ0n) is 14.9. The molecule has 7 heteroatoms. The topological polar surface area (TPSA) is 68.5 Å². The van der Waals surface area contributed by atoms with Crippen molar-refractivity contribution < 1.29 is 13.9 Å². The molecule has 28 heavy (non-hydrogen) atoms. The summed E-state index contributed by atoms with van der Waals surface area (Å²) in [4.78, 5) is 12.3. The summed E-state index contributed by atoms with van der Waals surface area (Å²) in [5.74, 6) is 0.159. The molecule has 1 N–H and O–H groups in total. The molecule has 0 fully saturated rings. The lowest BCUT2D eigenvalue weighted by Gasteiger charge is -2.09. The second kappa shape index (κ2) is 7.87. The van der Waals surface area contributed by atoms with Crippen molar-refractivity contribution in [1.82, 2.24) is 19.9 Å². The fourth-order valence-corrected chi connectivity index (χ4v) is 2.72. The monoisotopic (exact) mass is 376 g/mol. The van der Waals surface area contributed by atoms with Crippen molar-refractivity contribution in [3.05, 3.63) is 95.7 Å². The van der Waals surface area contributed by atoms with Crippen LogP contribution in [0.2, 0.25) is 0 Å². The van der Waals surface area contributed by atoms with E-state index in [2.05, 4.69) is 15.5 Å². The minimum absolute atomic E-state index is 0.161. The van der Waals surface area contributed by atoms with E-state index in [-0.39, 0.29) is 18.3 Å². The second-order valence-corrected chi connectivity index (χ2v) is 6.22. The Bertz CT molecular complexity index is 1110. The van der Waals surface area contributed by atoms with Gasteiger partial charge in [-0.2, -0.15) is 0 Å². The van der Waals surface area contributed by atoms with Crippen molar-refractivity contribution in [3.63, 3.8) is 0 Å². The highest BCUT2D eigenvalue weighted by Gasteiger charge is 2.07. The number of nitrogens with one attached hydrogen (secondary N) is 1. The molecule has 4 rings (SSSR count). The van der Waals surface area contributed by atoms with Crippen LogP contribution in [0.5, 0.6) is 5.75 Å². The first-order valence-electron chi connectivity index (χ1n) is 8.72. The van der Waals surface area contributed by atoms with Gasteiger partial charge in [0.15, 0.2) is 5.65 Å². The maximum absolute atomic E-state index is 13.6. The fourth-order valence-electron chi connectivity index (χ4n) is 2.72. The maximum atomic E-state index is 13.6. The second-order valence-electron chi connectivity index (χ2n) is 6.22. The number of hydrogen-bond donors (Lipinski definition) is 1. The number of pyridine rings is 1. The van der Waals surface area contributed by atoms with Crippen molar-refractivity contribution >= 4 is 11.6 Å². The number of benzene rings is 2. The van der Waals surface area contributed by atoms with Crippen molar-refractivity contribution in [2.75, 3.05) is 0 Å². The number of ether oxygens (including phenoxy) is 1. The summed E-state index contributed by atoms with van der Waals surface area (Å²) in [7, 11) is 0. The average Bonchev–Trinajstić information content (AvgIpc) is 3.20. The molecule has 0 aliphatic rings. The Morgan fingerprint density at radius 1 is 1.11 bits per heavy atom. The van der Waals surface area contributed by atoms with Crippen molar-refractivity contribution in [1.29, 1.82) is 0 Å². The zero-order valence-corrected chi connectivity index (χ0v) is 14.9. The van der Waals surface area contributed by atoms with E-state index in [1.807, 2.05) is 12.1 Å². The van der Waals surface area contributed by atoms with Crippen LogP contribution in [0.4, 0.5) is 4.39 Å². The SMILES string of the molecule is O=C(NCc1ccc(OCc2ccccc2F)cc1)c1ccn2cnnc2c1. The standard InChI is InChI=1S/C21H17FN4O2/c22-19-4-2-1-3-17(19)13-28-18-7-5-15(6-8-18)12-23-21(27)16-9-10-26-14-24-25-20(26)11-16/h1-11,14H,12-13H2,(H,23,27). The summed E-state index contributed by atoms with van der Waals surface area (Å²) < 4.78 is 21.0. The predicted octanol–water partition coefficient (Wildman–Crippen LogP) is 3.38. The number of rotatable bonds is 6. The number of halogens is 1. The van der Waals surface area contributed by atoms with Gasteiger partial charge >= 0.3 is 0 Å². The highest BCUT2D eigenvalue weighted by molar-refractivity contribution is 5.94. The quantitative estimate of drug-likeness (QED) is 0.560. The molecular weight excluding hydrogens is 359 g/mol. The highest BCUT2D eigenvalue weighted by Crippen LogP contribution is 2.16. The van der Waals surface area contributed by atoms with Gasteiger partial charge in [0.2, 0.25) is 0 Å². The van der Waals surface area contributed by atoms with Crippen LogP contribution < -0.4 is 10.1 Å². The van der Waals surface area contributed by atoms with E-state index in [9.17, 15) is 9.18 Å². The molecule has 0 bridgehead atoms. The van der Waals surface area contributed by atoms with Crippen LogP contribution in [0.15, 0.2) is 73.2 Å². The van der Waals surface area contributed by atoms with Crippen LogP contribution in [0.25, 0.3) is 5.65 Å². The largest absolute Gasteiger partial charge is 0.489 e. The van der Waals surface area contributed by atoms with Gasteiger partial charge in [-0.25, -0.2) is 4.39 Å². The molecule has 2 aromatic carbocycles. The summed E-state index contributed by atoms with van der Waals surface area (Å²) in [5, 5.41) is 10.6. The number of amides is 1. The Morgan fingerprint density at radius 3 is 2.75 bits per heavy atom. The summed E-state index contributed by atoms with van der Waals surface area (Å²) in [6, 6.07) is 17.2. The van der Waals surface area contributed by atoms with E-state index in [1.165, 1.54) is 6.07 Å². The maximum Gasteiger partial charge on any atom is 0.251 e. The third-order valence-electron chi connectivity index (χ3n) is 4.29. The van der Waals surface area contributed by atoms with Crippen molar-refractivity contribution in [2.24, 2.45) is 0 Å². The van der Waals surface area contributed by atoms with Gasteiger partial charge in [0, 0.05) is 23.9 Å². The summed E-state index contributed by atoms with van der Waals surface area (Å²) >= 11 is 0. The van der Waals surface area contributed by atoms with Gasteiger partial charge in [-0.15, -0.1) is 10.2 Å². The Kier molecular flexibility index (Phi) is 4.97. The number of aromatic nitrogens is 3. The number of fused-ring (bicyclic) bond motifs is 1. The van der Waals surface area contributed by atoms with Gasteiger partial charge in [0.25, 0.3) is 5.91 Å². The van der Waals surface area contributed by atoms with Gasteiger partial charge in [-0.3, -0.25) is 9.20 Å². The number of hydrogen-bond acceptors (Lipinski definition) is 4. The third kappa shape index (κ3) is 3.98. The molecule has 2 heterocycles. The smallest absolute Gasteiger partial charge is 0.251 e. The molecule has 2 aromatic heterocycles. The zero-order chi connectivity index (χ0) is 19.3. The lowest BCUT2D eigenvalue weighted by Crippen LogP contribution is -2.22. The van der Waals surface area contributed by atoms with E-state index < -0.39 is 0 Å². The molecule has 4 aromatic rings. The molecule has 0 aliphatic heterocycles. The Balaban J connectivity index is 1.32. The molecule has 0 radical (unpaired) electrons.